The quantitative estimate of drug-likeness (QED) is 0.409. The fourth-order valence-electron chi connectivity index (χ4n) is 3.43. The molecular weight excluding hydrogens is 487 g/mol. The SMILES string of the molecule is CS(=O)(=O)Oc1cccc(CNc2nc(Nc3ccc4c(c3)NC(=O)CC4)ncc2C(F)(F)F)c1. The van der Waals surface area contributed by atoms with Gasteiger partial charge in [-0.2, -0.15) is 26.6 Å². The molecule has 2 aromatic carbocycles. The zero-order valence-electron chi connectivity index (χ0n) is 18.3. The van der Waals surface area contributed by atoms with Gasteiger partial charge in [0.05, 0.1) is 6.26 Å². The summed E-state index contributed by atoms with van der Waals surface area (Å²) in [6.07, 6.45) is -2.17. The van der Waals surface area contributed by atoms with Crippen molar-refractivity contribution >= 4 is 39.2 Å². The molecule has 0 unspecified atom stereocenters. The number of carbonyl (C=O) groups is 1. The van der Waals surface area contributed by atoms with Crippen LogP contribution in [0.4, 0.5) is 36.3 Å². The van der Waals surface area contributed by atoms with E-state index in [1.54, 1.807) is 18.2 Å². The van der Waals surface area contributed by atoms with Crippen LogP contribution in [0.3, 0.4) is 0 Å². The van der Waals surface area contributed by atoms with Crippen molar-refractivity contribution in [2.24, 2.45) is 0 Å². The second-order valence-electron chi connectivity index (χ2n) is 7.79. The lowest BCUT2D eigenvalue weighted by atomic mass is 10.0. The first-order valence-electron chi connectivity index (χ1n) is 10.3. The molecule has 0 radical (unpaired) electrons. The summed E-state index contributed by atoms with van der Waals surface area (Å²) in [5.41, 5.74) is 1.46. The van der Waals surface area contributed by atoms with Gasteiger partial charge in [0.25, 0.3) is 0 Å². The summed E-state index contributed by atoms with van der Waals surface area (Å²) in [7, 11) is -3.75. The second-order valence-corrected chi connectivity index (χ2v) is 9.36. The van der Waals surface area contributed by atoms with Gasteiger partial charge in [-0.3, -0.25) is 4.79 Å². The molecule has 2 heterocycles. The number of hydrogen-bond donors (Lipinski definition) is 3. The lowest BCUT2D eigenvalue weighted by Gasteiger charge is -2.18. The summed E-state index contributed by atoms with van der Waals surface area (Å²) in [5, 5.41) is 8.24. The number of aryl methyl sites for hydroxylation is 1. The Morgan fingerprint density at radius 3 is 2.69 bits per heavy atom. The monoisotopic (exact) mass is 507 g/mol. The van der Waals surface area contributed by atoms with E-state index < -0.39 is 27.7 Å². The van der Waals surface area contributed by atoms with E-state index in [9.17, 15) is 26.4 Å². The van der Waals surface area contributed by atoms with Crippen LogP contribution in [0.5, 0.6) is 5.75 Å². The Morgan fingerprint density at radius 2 is 1.94 bits per heavy atom. The predicted molar refractivity (Wildman–Crippen MR) is 123 cm³/mol. The number of rotatable bonds is 7. The first-order chi connectivity index (χ1) is 16.5. The van der Waals surface area contributed by atoms with Crippen LogP contribution in [-0.4, -0.2) is 30.5 Å². The third kappa shape index (κ3) is 6.38. The maximum absolute atomic E-state index is 13.5. The predicted octanol–water partition coefficient (Wildman–Crippen LogP) is 4.07. The van der Waals surface area contributed by atoms with Gasteiger partial charge in [0, 0.05) is 30.5 Å². The highest BCUT2D eigenvalue weighted by atomic mass is 32.2. The number of aromatic nitrogens is 2. The summed E-state index contributed by atoms with van der Waals surface area (Å²) in [6.45, 7) is -0.0919. The first-order valence-corrected chi connectivity index (χ1v) is 12.1. The molecule has 0 saturated heterocycles. The maximum Gasteiger partial charge on any atom is 0.421 e. The fourth-order valence-corrected chi connectivity index (χ4v) is 3.88. The minimum atomic E-state index is -4.71. The van der Waals surface area contributed by atoms with Crippen LogP contribution in [0, 0.1) is 0 Å². The van der Waals surface area contributed by atoms with Gasteiger partial charge in [-0.05, 0) is 41.8 Å². The summed E-state index contributed by atoms with van der Waals surface area (Å²) in [4.78, 5) is 19.4. The highest BCUT2D eigenvalue weighted by Gasteiger charge is 2.35. The van der Waals surface area contributed by atoms with Crippen molar-refractivity contribution < 1.29 is 30.6 Å². The second kappa shape index (κ2) is 9.41. The van der Waals surface area contributed by atoms with E-state index in [1.807, 2.05) is 6.07 Å². The van der Waals surface area contributed by atoms with Gasteiger partial charge >= 0.3 is 16.3 Å². The van der Waals surface area contributed by atoms with E-state index in [-0.39, 0.29) is 24.1 Å². The topological polar surface area (TPSA) is 122 Å². The molecule has 0 saturated carbocycles. The molecule has 0 aliphatic carbocycles. The Balaban J connectivity index is 1.56. The van der Waals surface area contributed by atoms with Crippen LogP contribution in [0.1, 0.15) is 23.1 Å². The Morgan fingerprint density at radius 1 is 1.14 bits per heavy atom. The van der Waals surface area contributed by atoms with Crippen LogP contribution < -0.4 is 20.1 Å². The van der Waals surface area contributed by atoms with Crippen molar-refractivity contribution in [3.05, 3.63) is 65.4 Å². The van der Waals surface area contributed by atoms with Crippen LogP contribution in [0.15, 0.2) is 48.7 Å². The van der Waals surface area contributed by atoms with Gasteiger partial charge in [-0.1, -0.05) is 18.2 Å². The molecule has 184 valence electrons. The molecular formula is C22H20F3N5O4S. The number of amides is 1. The van der Waals surface area contributed by atoms with Crippen LogP contribution >= 0.6 is 0 Å². The minimum absolute atomic E-state index is 0.0346. The molecule has 0 spiro atoms. The summed E-state index contributed by atoms with van der Waals surface area (Å²) in [5.74, 6) is -0.627. The molecule has 1 aliphatic rings. The number of anilines is 4. The van der Waals surface area contributed by atoms with E-state index in [4.69, 9.17) is 4.18 Å². The number of halogens is 3. The number of fused-ring (bicyclic) bond motifs is 1. The Hall–Kier alpha value is -3.87. The van der Waals surface area contributed by atoms with E-state index in [0.717, 1.165) is 11.8 Å². The van der Waals surface area contributed by atoms with Crippen LogP contribution in [0.25, 0.3) is 0 Å². The first kappa shape index (κ1) is 24.3. The molecule has 35 heavy (non-hydrogen) atoms. The molecule has 0 fully saturated rings. The largest absolute Gasteiger partial charge is 0.421 e. The maximum atomic E-state index is 13.5. The van der Waals surface area contributed by atoms with E-state index in [0.29, 0.717) is 36.0 Å². The number of nitrogens with one attached hydrogen (secondary N) is 3. The van der Waals surface area contributed by atoms with E-state index in [1.165, 1.54) is 18.2 Å². The van der Waals surface area contributed by atoms with Crippen molar-refractivity contribution in [1.82, 2.24) is 9.97 Å². The third-order valence-electron chi connectivity index (χ3n) is 4.96. The summed E-state index contributed by atoms with van der Waals surface area (Å²) < 4.78 is 68.1. The third-order valence-corrected chi connectivity index (χ3v) is 5.46. The molecule has 4 rings (SSSR count). The van der Waals surface area contributed by atoms with Crippen molar-refractivity contribution in [2.75, 3.05) is 22.2 Å². The van der Waals surface area contributed by atoms with Crippen molar-refractivity contribution in [1.29, 1.82) is 0 Å². The van der Waals surface area contributed by atoms with Gasteiger partial charge in [0.2, 0.25) is 11.9 Å². The molecule has 1 aliphatic heterocycles. The number of nitrogens with zero attached hydrogens (tertiary/aromatic N) is 2. The van der Waals surface area contributed by atoms with Gasteiger partial charge < -0.3 is 20.1 Å². The van der Waals surface area contributed by atoms with E-state index in [2.05, 4.69) is 25.9 Å². The van der Waals surface area contributed by atoms with Gasteiger partial charge in [0.1, 0.15) is 17.1 Å². The number of alkyl halides is 3. The highest BCUT2D eigenvalue weighted by Crippen LogP contribution is 2.35. The Labute approximate surface area is 198 Å². The number of hydrogen-bond acceptors (Lipinski definition) is 8. The Kier molecular flexibility index (Phi) is 6.52. The van der Waals surface area contributed by atoms with Crippen molar-refractivity contribution in [3.63, 3.8) is 0 Å². The molecule has 0 atom stereocenters. The number of benzene rings is 2. The van der Waals surface area contributed by atoms with Crippen molar-refractivity contribution in [2.45, 2.75) is 25.6 Å². The lowest BCUT2D eigenvalue weighted by molar-refractivity contribution is -0.137. The normalized spacial score (nSPS) is 13.5. The summed E-state index contributed by atoms with van der Waals surface area (Å²) >= 11 is 0. The molecule has 3 aromatic rings. The van der Waals surface area contributed by atoms with E-state index >= 15 is 0 Å². The molecule has 9 nitrogen and oxygen atoms in total. The average molecular weight is 507 g/mol. The minimum Gasteiger partial charge on any atom is -0.383 e. The zero-order chi connectivity index (χ0) is 25.2. The van der Waals surface area contributed by atoms with Crippen molar-refractivity contribution in [3.8, 4) is 5.75 Å². The average Bonchev–Trinajstić information content (AvgIpc) is 2.76. The molecule has 1 aromatic heterocycles. The fraction of sp³-hybridized carbons (Fsp3) is 0.227. The Bertz CT molecular complexity index is 1380. The summed E-state index contributed by atoms with van der Waals surface area (Å²) in [6, 6.07) is 11.1. The molecule has 13 heteroatoms. The highest BCUT2D eigenvalue weighted by molar-refractivity contribution is 7.86. The molecule has 1 amide bonds. The van der Waals surface area contributed by atoms with Gasteiger partial charge in [0.15, 0.2) is 0 Å². The smallest absolute Gasteiger partial charge is 0.383 e. The molecule has 3 N–H and O–H groups in total. The van der Waals surface area contributed by atoms with Gasteiger partial charge in [-0.15, -0.1) is 0 Å². The van der Waals surface area contributed by atoms with Gasteiger partial charge in [-0.25, -0.2) is 4.98 Å². The lowest BCUT2D eigenvalue weighted by Crippen LogP contribution is -2.19. The molecule has 0 bridgehead atoms. The van der Waals surface area contributed by atoms with Crippen LogP contribution in [-0.2, 0) is 34.1 Å². The zero-order valence-corrected chi connectivity index (χ0v) is 19.1. The van der Waals surface area contributed by atoms with Crippen LogP contribution in [0.2, 0.25) is 0 Å². The standard InChI is InChI=1S/C22H20F3N5O4S/c1-35(32,33)34-16-4-2-3-13(9-16)11-26-20-17(22(23,24)25)12-27-21(30-20)28-15-7-5-14-6-8-19(31)29-18(14)10-15/h2-5,7,9-10,12H,6,8,11H2,1H3,(H,29,31)(H2,26,27,28,30). The number of carbonyl (C=O) groups excluding carboxylic acids is 1.